The summed E-state index contributed by atoms with van der Waals surface area (Å²) >= 11 is 3.32. The van der Waals surface area contributed by atoms with Crippen molar-refractivity contribution < 1.29 is 4.39 Å². The summed E-state index contributed by atoms with van der Waals surface area (Å²) in [4.78, 5) is 0. The molecule has 1 aromatic rings. The minimum absolute atomic E-state index is 0.164. The van der Waals surface area contributed by atoms with Gasteiger partial charge >= 0.3 is 0 Å². The van der Waals surface area contributed by atoms with E-state index in [1.165, 1.54) is 6.07 Å². The molecule has 0 aromatic heterocycles. The number of hydrogen-bond acceptors (Lipinski definition) is 1. The molecule has 1 rings (SSSR count). The van der Waals surface area contributed by atoms with Crippen LogP contribution < -0.4 is 5.32 Å². The molecule has 0 amide bonds. The molecule has 17 heavy (non-hydrogen) atoms. The highest BCUT2D eigenvalue weighted by molar-refractivity contribution is 9.10. The Labute approximate surface area is 112 Å². The van der Waals surface area contributed by atoms with Crippen LogP contribution in [0.3, 0.4) is 0 Å². The van der Waals surface area contributed by atoms with Gasteiger partial charge in [-0.05, 0) is 56.0 Å². The Morgan fingerprint density at radius 3 is 2.53 bits per heavy atom. The van der Waals surface area contributed by atoms with Gasteiger partial charge in [0.2, 0.25) is 0 Å². The Morgan fingerprint density at radius 1 is 1.29 bits per heavy atom. The molecule has 1 unspecified atom stereocenters. The first-order valence-electron chi connectivity index (χ1n) is 6.15. The van der Waals surface area contributed by atoms with Crippen LogP contribution in [0.15, 0.2) is 22.7 Å². The van der Waals surface area contributed by atoms with E-state index in [1.54, 1.807) is 6.07 Å². The van der Waals surface area contributed by atoms with Crippen molar-refractivity contribution >= 4 is 15.9 Å². The van der Waals surface area contributed by atoms with E-state index in [0.717, 1.165) is 29.3 Å². The maximum absolute atomic E-state index is 13.2. The summed E-state index contributed by atoms with van der Waals surface area (Å²) in [6, 6.07) is 5.65. The fourth-order valence-electron chi connectivity index (χ4n) is 2.09. The molecule has 0 aliphatic rings. The van der Waals surface area contributed by atoms with Gasteiger partial charge in [0.1, 0.15) is 5.82 Å². The Balaban J connectivity index is 2.45. The summed E-state index contributed by atoms with van der Waals surface area (Å²) in [6.07, 6.45) is 3.14. The van der Waals surface area contributed by atoms with E-state index >= 15 is 0 Å². The van der Waals surface area contributed by atoms with Crippen molar-refractivity contribution in [2.24, 2.45) is 5.92 Å². The minimum Gasteiger partial charge on any atom is -0.317 e. The van der Waals surface area contributed by atoms with Crippen molar-refractivity contribution in [1.29, 1.82) is 0 Å². The molecule has 0 fully saturated rings. The smallest absolute Gasteiger partial charge is 0.124 e. The second kappa shape index (κ2) is 7.12. The van der Waals surface area contributed by atoms with Gasteiger partial charge in [0.15, 0.2) is 0 Å². The van der Waals surface area contributed by atoms with Crippen molar-refractivity contribution in [3.05, 3.63) is 34.1 Å². The van der Waals surface area contributed by atoms with E-state index in [0.29, 0.717) is 12.0 Å². The first-order chi connectivity index (χ1) is 8.02. The first-order valence-corrected chi connectivity index (χ1v) is 6.94. The summed E-state index contributed by atoms with van der Waals surface area (Å²) < 4.78 is 14.0. The zero-order chi connectivity index (χ0) is 12.8. The van der Waals surface area contributed by atoms with Crippen molar-refractivity contribution in [2.75, 3.05) is 7.05 Å². The summed E-state index contributed by atoms with van der Waals surface area (Å²) in [5, 5.41) is 3.33. The molecule has 96 valence electrons. The standard InChI is InChI=1S/C14H21BrFN/c1-10(2)14(17-3)6-4-5-11-7-12(15)9-13(16)8-11/h7-10,14,17H,4-6H2,1-3H3. The van der Waals surface area contributed by atoms with Crippen LogP contribution in [0.1, 0.15) is 32.3 Å². The Morgan fingerprint density at radius 2 is 2.00 bits per heavy atom. The Hall–Kier alpha value is -0.410. The molecule has 1 aromatic carbocycles. The molecule has 1 nitrogen and oxygen atoms in total. The minimum atomic E-state index is -0.164. The average molecular weight is 302 g/mol. The average Bonchev–Trinajstić information content (AvgIpc) is 2.22. The lowest BCUT2D eigenvalue weighted by Crippen LogP contribution is -2.30. The van der Waals surface area contributed by atoms with Crippen molar-refractivity contribution in [3.8, 4) is 0 Å². The van der Waals surface area contributed by atoms with Crippen LogP contribution in [0, 0.1) is 11.7 Å². The molecular weight excluding hydrogens is 281 g/mol. The number of nitrogens with one attached hydrogen (secondary N) is 1. The predicted molar refractivity (Wildman–Crippen MR) is 74.7 cm³/mol. The lowest BCUT2D eigenvalue weighted by molar-refractivity contribution is 0.393. The van der Waals surface area contributed by atoms with E-state index in [9.17, 15) is 4.39 Å². The number of benzene rings is 1. The third-order valence-electron chi connectivity index (χ3n) is 3.08. The van der Waals surface area contributed by atoms with Crippen LogP contribution >= 0.6 is 15.9 Å². The summed E-state index contributed by atoms with van der Waals surface area (Å²) in [7, 11) is 2.00. The fourth-order valence-corrected chi connectivity index (χ4v) is 2.61. The Bertz CT molecular complexity index is 332. The second-order valence-corrected chi connectivity index (χ2v) is 5.72. The zero-order valence-electron chi connectivity index (χ0n) is 10.8. The van der Waals surface area contributed by atoms with E-state index in [-0.39, 0.29) is 5.82 Å². The van der Waals surface area contributed by atoms with E-state index in [4.69, 9.17) is 0 Å². The molecule has 3 heteroatoms. The number of hydrogen-bond donors (Lipinski definition) is 1. The summed E-state index contributed by atoms with van der Waals surface area (Å²) in [5.41, 5.74) is 1.07. The van der Waals surface area contributed by atoms with Gasteiger partial charge in [0.05, 0.1) is 0 Å². The third kappa shape index (κ3) is 5.17. The van der Waals surface area contributed by atoms with E-state index in [1.807, 2.05) is 13.1 Å². The lowest BCUT2D eigenvalue weighted by atomic mass is 9.97. The van der Waals surface area contributed by atoms with Gasteiger partial charge in [-0.15, -0.1) is 0 Å². The van der Waals surface area contributed by atoms with Crippen LogP contribution in [0.4, 0.5) is 4.39 Å². The highest BCUT2D eigenvalue weighted by atomic mass is 79.9. The molecule has 0 aliphatic heterocycles. The molecular formula is C14H21BrFN. The third-order valence-corrected chi connectivity index (χ3v) is 3.54. The van der Waals surface area contributed by atoms with Crippen LogP contribution in [0.5, 0.6) is 0 Å². The zero-order valence-corrected chi connectivity index (χ0v) is 12.3. The second-order valence-electron chi connectivity index (χ2n) is 4.81. The van der Waals surface area contributed by atoms with Gasteiger partial charge < -0.3 is 5.32 Å². The predicted octanol–water partition coefficient (Wildman–Crippen LogP) is 4.15. The molecule has 0 saturated carbocycles. The van der Waals surface area contributed by atoms with Crippen LogP contribution in [0.25, 0.3) is 0 Å². The molecule has 0 radical (unpaired) electrons. The number of halogens is 2. The van der Waals surface area contributed by atoms with Crippen LogP contribution in [-0.4, -0.2) is 13.1 Å². The molecule has 0 saturated heterocycles. The van der Waals surface area contributed by atoms with Gasteiger partial charge in [-0.3, -0.25) is 0 Å². The molecule has 1 atom stereocenters. The van der Waals surface area contributed by atoms with E-state index in [2.05, 4.69) is 35.1 Å². The highest BCUT2D eigenvalue weighted by Crippen LogP contribution is 2.17. The highest BCUT2D eigenvalue weighted by Gasteiger charge is 2.10. The van der Waals surface area contributed by atoms with Gasteiger partial charge in [-0.2, -0.15) is 0 Å². The summed E-state index contributed by atoms with van der Waals surface area (Å²) in [6.45, 7) is 4.44. The van der Waals surface area contributed by atoms with E-state index < -0.39 is 0 Å². The SMILES string of the molecule is CNC(CCCc1cc(F)cc(Br)c1)C(C)C. The Kier molecular flexibility index (Phi) is 6.14. The van der Waals surface area contributed by atoms with Gasteiger partial charge in [0.25, 0.3) is 0 Å². The normalized spacial score (nSPS) is 13.1. The van der Waals surface area contributed by atoms with Gasteiger partial charge in [-0.25, -0.2) is 4.39 Å². The number of rotatable bonds is 6. The van der Waals surface area contributed by atoms with Crippen LogP contribution in [-0.2, 0) is 6.42 Å². The number of aryl methyl sites for hydroxylation is 1. The lowest BCUT2D eigenvalue weighted by Gasteiger charge is -2.19. The van der Waals surface area contributed by atoms with Crippen molar-refractivity contribution in [1.82, 2.24) is 5.32 Å². The maximum Gasteiger partial charge on any atom is 0.124 e. The maximum atomic E-state index is 13.2. The topological polar surface area (TPSA) is 12.0 Å². The molecule has 0 aliphatic carbocycles. The monoisotopic (exact) mass is 301 g/mol. The molecule has 0 heterocycles. The first kappa shape index (κ1) is 14.7. The summed E-state index contributed by atoms with van der Waals surface area (Å²) in [5.74, 6) is 0.475. The largest absolute Gasteiger partial charge is 0.317 e. The van der Waals surface area contributed by atoms with Crippen molar-refractivity contribution in [2.45, 2.75) is 39.2 Å². The van der Waals surface area contributed by atoms with Gasteiger partial charge in [-0.1, -0.05) is 29.8 Å². The molecule has 1 N–H and O–H groups in total. The molecule has 0 bridgehead atoms. The van der Waals surface area contributed by atoms with Crippen molar-refractivity contribution in [3.63, 3.8) is 0 Å². The van der Waals surface area contributed by atoms with Crippen LogP contribution in [0.2, 0.25) is 0 Å². The molecule has 0 spiro atoms. The van der Waals surface area contributed by atoms with Gasteiger partial charge in [0, 0.05) is 10.5 Å². The fraction of sp³-hybridized carbons (Fsp3) is 0.571. The quantitative estimate of drug-likeness (QED) is 0.832.